The van der Waals surface area contributed by atoms with Crippen LogP contribution in [-0.2, 0) is 0 Å². The number of methoxy groups -OCH3 is 2. The number of nitrogen functional groups attached to an aromatic ring is 1. The highest BCUT2D eigenvalue weighted by molar-refractivity contribution is 6.06. The Morgan fingerprint density at radius 2 is 1.71 bits per heavy atom. The number of nitrogens with one attached hydrogen (secondary N) is 1. The summed E-state index contributed by atoms with van der Waals surface area (Å²) in [6.07, 6.45) is 0. The number of nitrogens with two attached hydrogens (primary N) is 1. The molecular weight excluding hydrogens is 268 g/mol. The molecule has 1 amide bonds. The van der Waals surface area contributed by atoms with E-state index in [1.165, 1.54) is 0 Å². The maximum Gasteiger partial charge on any atom is 0.256 e. The van der Waals surface area contributed by atoms with E-state index in [9.17, 15) is 4.79 Å². The van der Waals surface area contributed by atoms with Crippen LogP contribution in [0.5, 0.6) is 11.5 Å². The average Bonchev–Trinajstić information content (AvgIpc) is 2.49. The molecule has 0 saturated carbocycles. The average molecular weight is 286 g/mol. The van der Waals surface area contributed by atoms with Gasteiger partial charge in [0.1, 0.15) is 11.5 Å². The van der Waals surface area contributed by atoms with Gasteiger partial charge in [0.05, 0.1) is 14.2 Å². The number of amides is 1. The lowest BCUT2D eigenvalue weighted by Gasteiger charge is -2.11. The molecule has 110 valence electrons. The Labute approximate surface area is 123 Å². The van der Waals surface area contributed by atoms with Crippen molar-refractivity contribution in [3.05, 3.63) is 47.5 Å². The molecule has 2 aromatic rings. The van der Waals surface area contributed by atoms with E-state index in [1.807, 2.05) is 6.92 Å². The van der Waals surface area contributed by atoms with Gasteiger partial charge in [-0.2, -0.15) is 0 Å². The maximum atomic E-state index is 12.3. The third kappa shape index (κ3) is 3.25. The summed E-state index contributed by atoms with van der Waals surface area (Å²) in [6, 6.07) is 10.4. The first kappa shape index (κ1) is 14.7. The minimum Gasteiger partial charge on any atom is -0.497 e. The highest BCUT2D eigenvalue weighted by atomic mass is 16.5. The second-order valence-electron chi connectivity index (χ2n) is 4.58. The Hall–Kier alpha value is -2.69. The number of rotatable bonds is 4. The Bertz CT molecular complexity index is 646. The molecule has 0 aliphatic heterocycles. The summed E-state index contributed by atoms with van der Waals surface area (Å²) in [5.41, 5.74) is 8.30. The molecule has 21 heavy (non-hydrogen) atoms. The summed E-state index contributed by atoms with van der Waals surface area (Å²) in [6.45, 7) is 1.82. The number of hydrogen-bond acceptors (Lipinski definition) is 4. The van der Waals surface area contributed by atoms with E-state index in [0.29, 0.717) is 28.4 Å². The Balaban J connectivity index is 2.29. The van der Waals surface area contributed by atoms with Crippen LogP contribution in [0.2, 0.25) is 0 Å². The smallest absolute Gasteiger partial charge is 0.256 e. The summed E-state index contributed by atoms with van der Waals surface area (Å²) < 4.78 is 10.4. The first-order valence-corrected chi connectivity index (χ1v) is 6.44. The first-order valence-electron chi connectivity index (χ1n) is 6.44. The number of carbonyl (C=O) groups excluding carboxylic acids is 1. The summed E-state index contributed by atoms with van der Waals surface area (Å²) in [7, 11) is 3.12. The van der Waals surface area contributed by atoms with Gasteiger partial charge in [0, 0.05) is 35.1 Å². The van der Waals surface area contributed by atoms with Crippen LogP contribution in [-0.4, -0.2) is 20.1 Å². The van der Waals surface area contributed by atoms with Crippen molar-refractivity contribution < 1.29 is 14.3 Å². The van der Waals surface area contributed by atoms with E-state index < -0.39 is 0 Å². The highest BCUT2D eigenvalue weighted by Gasteiger charge is 2.12. The number of hydrogen-bond donors (Lipinski definition) is 2. The molecule has 3 N–H and O–H groups in total. The van der Waals surface area contributed by atoms with Gasteiger partial charge in [-0.05, 0) is 24.6 Å². The number of ether oxygens (including phenoxy) is 2. The lowest BCUT2D eigenvalue weighted by molar-refractivity contribution is 0.102. The largest absolute Gasteiger partial charge is 0.497 e. The van der Waals surface area contributed by atoms with Gasteiger partial charge in [0.15, 0.2) is 0 Å². The molecule has 0 radical (unpaired) electrons. The minimum absolute atomic E-state index is 0.227. The number of benzene rings is 2. The molecule has 0 aliphatic carbocycles. The lowest BCUT2D eigenvalue weighted by atomic mass is 10.1. The maximum absolute atomic E-state index is 12.3. The van der Waals surface area contributed by atoms with Crippen LogP contribution < -0.4 is 20.5 Å². The molecule has 0 atom stereocenters. The summed E-state index contributed by atoms with van der Waals surface area (Å²) >= 11 is 0. The fourth-order valence-electron chi connectivity index (χ4n) is 1.98. The summed E-state index contributed by atoms with van der Waals surface area (Å²) in [5, 5.41) is 2.82. The molecule has 0 unspecified atom stereocenters. The summed E-state index contributed by atoms with van der Waals surface area (Å²) in [4.78, 5) is 12.3. The topological polar surface area (TPSA) is 73.6 Å². The van der Waals surface area contributed by atoms with Gasteiger partial charge < -0.3 is 20.5 Å². The Morgan fingerprint density at radius 3 is 2.29 bits per heavy atom. The van der Waals surface area contributed by atoms with Crippen molar-refractivity contribution in [1.29, 1.82) is 0 Å². The van der Waals surface area contributed by atoms with Crippen molar-refractivity contribution in [3.8, 4) is 11.5 Å². The second kappa shape index (κ2) is 6.17. The van der Waals surface area contributed by atoms with E-state index in [1.54, 1.807) is 50.6 Å². The van der Waals surface area contributed by atoms with Gasteiger partial charge in [-0.1, -0.05) is 6.07 Å². The minimum atomic E-state index is -0.227. The van der Waals surface area contributed by atoms with E-state index >= 15 is 0 Å². The van der Waals surface area contributed by atoms with Gasteiger partial charge in [-0.25, -0.2) is 0 Å². The molecule has 0 fully saturated rings. The lowest BCUT2D eigenvalue weighted by Crippen LogP contribution is -2.14. The van der Waals surface area contributed by atoms with Crippen LogP contribution in [0.1, 0.15) is 15.9 Å². The number of anilines is 2. The van der Waals surface area contributed by atoms with Crippen molar-refractivity contribution >= 4 is 17.3 Å². The predicted molar refractivity (Wildman–Crippen MR) is 83.1 cm³/mol. The van der Waals surface area contributed by atoms with Crippen molar-refractivity contribution in [2.75, 3.05) is 25.3 Å². The van der Waals surface area contributed by atoms with Gasteiger partial charge in [-0.3, -0.25) is 4.79 Å². The molecule has 0 spiro atoms. The van der Waals surface area contributed by atoms with Crippen LogP contribution in [0.25, 0.3) is 0 Å². The van der Waals surface area contributed by atoms with Crippen molar-refractivity contribution in [1.82, 2.24) is 0 Å². The molecule has 0 heterocycles. The van der Waals surface area contributed by atoms with Gasteiger partial charge in [0.25, 0.3) is 5.91 Å². The van der Waals surface area contributed by atoms with Crippen molar-refractivity contribution in [2.24, 2.45) is 0 Å². The first-order chi connectivity index (χ1) is 10.0. The van der Waals surface area contributed by atoms with E-state index in [-0.39, 0.29) is 5.91 Å². The van der Waals surface area contributed by atoms with E-state index in [2.05, 4.69) is 5.32 Å². The second-order valence-corrected chi connectivity index (χ2v) is 4.58. The Morgan fingerprint density at radius 1 is 1.10 bits per heavy atom. The number of carbonyl (C=O) groups is 1. The van der Waals surface area contributed by atoms with E-state index in [0.717, 1.165) is 5.56 Å². The standard InChI is InChI=1S/C16H18N2O3/c1-10-14(5-4-6-15(10)17)16(19)18-11-7-12(20-2)9-13(8-11)21-3/h4-9H,17H2,1-3H3,(H,18,19). The fraction of sp³-hybridized carbons (Fsp3) is 0.188. The van der Waals surface area contributed by atoms with Gasteiger partial charge in [-0.15, -0.1) is 0 Å². The van der Waals surface area contributed by atoms with Gasteiger partial charge in [0.2, 0.25) is 0 Å². The molecule has 2 aromatic carbocycles. The predicted octanol–water partition coefficient (Wildman–Crippen LogP) is 2.85. The van der Waals surface area contributed by atoms with Crippen molar-refractivity contribution in [3.63, 3.8) is 0 Å². The zero-order valence-corrected chi connectivity index (χ0v) is 12.3. The third-order valence-corrected chi connectivity index (χ3v) is 3.23. The zero-order valence-electron chi connectivity index (χ0n) is 12.3. The monoisotopic (exact) mass is 286 g/mol. The molecule has 5 heteroatoms. The fourth-order valence-corrected chi connectivity index (χ4v) is 1.98. The summed E-state index contributed by atoms with van der Waals surface area (Å²) in [5.74, 6) is 0.984. The molecule has 0 aromatic heterocycles. The Kier molecular flexibility index (Phi) is 4.33. The van der Waals surface area contributed by atoms with Gasteiger partial charge >= 0.3 is 0 Å². The molecule has 0 bridgehead atoms. The van der Waals surface area contributed by atoms with Crippen molar-refractivity contribution in [2.45, 2.75) is 6.92 Å². The zero-order chi connectivity index (χ0) is 15.4. The van der Waals surface area contributed by atoms with Crippen LogP contribution in [0.4, 0.5) is 11.4 Å². The highest BCUT2D eigenvalue weighted by Crippen LogP contribution is 2.26. The van der Waals surface area contributed by atoms with Crippen LogP contribution in [0.3, 0.4) is 0 Å². The van der Waals surface area contributed by atoms with Crippen LogP contribution in [0.15, 0.2) is 36.4 Å². The quantitative estimate of drug-likeness (QED) is 0.848. The normalized spacial score (nSPS) is 10.0. The molecule has 2 rings (SSSR count). The molecular formula is C16H18N2O3. The van der Waals surface area contributed by atoms with Crippen LogP contribution >= 0.6 is 0 Å². The molecule has 0 aliphatic rings. The third-order valence-electron chi connectivity index (χ3n) is 3.23. The van der Waals surface area contributed by atoms with E-state index in [4.69, 9.17) is 15.2 Å². The molecule has 5 nitrogen and oxygen atoms in total. The SMILES string of the molecule is COc1cc(NC(=O)c2cccc(N)c2C)cc(OC)c1. The molecule has 0 saturated heterocycles. The van der Waals surface area contributed by atoms with Crippen LogP contribution in [0, 0.1) is 6.92 Å².